The van der Waals surface area contributed by atoms with E-state index >= 15 is 0 Å². The van der Waals surface area contributed by atoms with Crippen molar-refractivity contribution in [2.24, 2.45) is 11.1 Å². The van der Waals surface area contributed by atoms with Crippen LogP contribution in [0.2, 0.25) is 0 Å². The van der Waals surface area contributed by atoms with Crippen LogP contribution in [0.1, 0.15) is 27.2 Å². The molecule has 1 aromatic rings. The molecule has 0 fully saturated rings. The topological polar surface area (TPSA) is 50.9 Å². The maximum Gasteiger partial charge on any atom is 0.166 e. The minimum absolute atomic E-state index is 0.0140. The third-order valence-electron chi connectivity index (χ3n) is 2.21. The molecule has 0 aromatic carbocycles. The van der Waals surface area contributed by atoms with Crippen molar-refractivity contribution in [3.05, 3.63) is 22.6 Å². The van der Waals surface area contributed by atoms with Gasteiger partial charge < -0.3 is 11.1 Å². The molecule has 0 spiro atoms. The molecule has 0 aliphatic rings. The van der Waals surface area contributed by atoms with Crippen LogP contribution in [0.4, 0.5) is 10.2 Å². The largest absolute Gasteiger partial charge is 0.366 e. The van der Waals surface area contributed by atoms with Crippen molar-refractivity contribution in [3.8, 4) is 0 Å². The second-order valence-corrected chi connectivity index (χ2v) is 6.31. The summed E-state index contributed by atoms with van der Waals surface area (Å²) in [5.41, 5.74) is 6.14. The second kappa shape index (κ2) is 5.78. The zero-order valence-corrected chi connectivity index (χ0v) is 12.0. The average Bonchev–Trinajstić information content (AvgIpc) is 2.13. The lowest BCUT2D eigenvalue weighted by atomic mass is 9.88. The zero-order valence-electron chi connectivity index (χ0n) is 10.4. The lowest BCUT2D eigenvalue weighted by Gasteiger charge is -2.23. The van der Waals surface area contributed by atoms with Crippen LogP contribution in [0.3, 0.4) is 0 Å². The Balaban J connectivity index is 2.50. The fraction of sp³-hybridized carbons (Fsp3) is 0.583. The molecule has 0 amide bonds. The van der Waals surface area contributed by atoms with Gasteiger partial charge in [-0.15, -0.1) is 0 Å². The highest BCUT2D eigenvalue weighted by molar-refractivity contribution is 9.10. The monoisotopic (exact) mass is 303 g/mol. The van der Waals surface area contributed by atoms with Gasteiger partial charge in [0.15, 0.2) is 11.6 Å². The van der Waals surface area contributed by atoms with Gasteiger partial charge in [-0.2, -0.15) is 0 Å². The fourth-order valence-corrected chi connectivity index (χ4v) is 1.93. The Morgan fingerprint density at radius 3 is 2.71 bits per heavy atom. The predicted molar refractivity (Wildman–Crippen MR) is 72.4 cm³/mol. The number of nitrogens with two attached hydrogens (primary N) is 1. The van der Waals surface area contributed by atoms with Crippen LogP contribution < -0.4 is 11.1 Å². The molecule has 0 saturated heterocycles. The van der Waals surface area contributed by atoms with E-state index in [0.29, 0.717) is 11.0 Å². The Morgan fingerprint density at radius 2 is 2.18 bits per heavy atom. The first-order chi connectivity index (χ1) is 7.78. The lowest BCUT2D eigenvalue weighted by Crippen LogP contribution is -2.33. The first-order valence-corrected chi connectivity index (χ1v) is 6.38. The van der Waals surface area contributed by atoms with Gasteiger partial charge in [-0.25, -0.2) is 9.37 Å². The highest BCUT2D eigenvalue weighted by atomic mass is 79.9. The highest BCUT2D eigenvalue weighted by Crippen LogP contribution is 2.20. The molecule has 1 atom stereocenters. The minimum atomic E-state index is -0.373. The van der Waals surface area contributed by atoms with E-state index in [0.717, 1.165) is 6.42 Å². The first-order valence-electron chi connectivity index (χ1n) is 5.58. The maximum absolute atomic E-state index is 13.4. The number of aromatic nitrogens is 1. The summed E-state index contributed by atoms with van der Waals surface area (Å²) in [5, 5.41) is 2.93. The number of anilines is 1. The normalized spacial score (nSPS) is 13.5. The average molecular weight is 304 g/mol. The number of nitrogens with zero attached hydrogens (tertiary/aromatic N) is 1. The van der Waals surface area contributed by atoms with E-state index in [1.54, 1.807) is 6.20 Å². The Bertz CT molecular complexity index is 377. The van der Waals surface area contributed by atoms with E-state index in [-0.39, 0.29) is 23.1 Å². The van der Waals surface area contributed by atoms with Crippen LogP contribution in [-0.2, 0) is 0 Å². The van der Waals surface area contributed by atoms with E-state index in [1.165, 1.54) is 6.07 Å². The highest BCUT2D eigenvalue weighted by Gasteiger charge is 2.16. The predicted octanol–water partition coefficient (Wildman–Crippen LogP) is 3.16. The van der Waals surface area contributed by atoms with Crippen molar-refractivity contribution in [2.45, 2.75) is 33.2 Å². The van der Waals surface area contributed by atoms with Crippen molar-refractivity contribution in [2.75, 3.05) is 11.9 Å². The summed E-state index contributed by atoms with van der Waals surface area (Å²) in [5.74, 6) is -0.125. The van der Waals surface area contributed by atoms with Gasteiger partial charge in [0.1, 0.15) is 0 Å². The number of halogens is 2. The standard InChI is InChI=1S/C12H19BrFN3/c1-12(2,3)5-9(15)7-17-11-10(14)4-8(13)6-16-11/h4,6,9H,5,7,15H2,1-3H3,(H,16,17). The van der Waals surface area contributed by atoms with Gasteiger partial charge in [0, 0.05) is 23.3 Å². The van der Waals surface area contributed by atoms with Crippen LogP contribution in [0.25, 0.3) is 0 Å². The molecular formula is C12H19BrFN3. The number of rotatable bonds is 4. The summed E-state index contributed by atoms with van der Waals surface area (Å²) < 4.78 is 14.1. The van der Waals surface area contributed by atoms with Crippen molar-refractivity contribution in [3.63, 3.8) is 0 Å². The summed E-state index contributed by atoms with van der Waals surface area (Å²) in [7, 11) is 0. The van der Waals surface area contributed by atoms with Crippen LogP contribution in [0, 0.1) is 11.2 Å². The number of nitrogens with one attached hydrogen (secondary N) is 1. The van der Waals surface area contributed by atoms with Gasteiger partial charge in [0.25, 0.3) is 0 Å². The van der Waals surface area contributed by atoms with Crippen molar-refractivity contribution >= 4 is 21.7 Å². The van der Waals surface area contributed by atoms with Crippen LogP contribution in [-0.4, -0.2) is 17.6 Å². The summed E-state index contributed by atoms with van der Waals surface area (Å²) in [6.45, 7) is 6.91. The van der Waals surface area contributed by atoms with Crippen molar-refractivity contribution < 1.29 is 4.39 Å². The summed E-state index contributed by atoms with van der Waals surface area (Å²) >= 11 is 3.16. The number of pyridine rings is 1. The fourth-order valence-electron chi connectivity index (χ4n) is 1.63. The Labute approximate surface area is 110 Å². The molecule has 1 rings (SSSR count). The molecule has 0 aliphatic carbocycles. The van der Waals surface area contributed by atoms with E-state index in [2.05, 4.69) is 47.0 Å². The molecule has 0 radical (unpaired) electrons. The van der Waals surface area contributed by atoms with Gasteiger partial charge in [-0.3, -0.25) is 0 Å². The quantitative estimate of drug-likeness (QED) is 0.898. The van der Waals surface area contributed by atoms with Crippen molar-refractivity contribution in [1.29, 1.82) is 0 Å². The van der Waals surface area contributed by atoms with Gasteiger partial charge in [0.2, 0.25) is 0 Å². The molecule has 1 heterocycles. The number of hydrogen-bond donors (Lipinski definition) is 2. The van der Waals surface area contributed by atoms with Crippen LogP contribution >= 0.6 is 15.9 Å². The van der Waals surface area contributed by atoms with Gasteiger partial charge in [0.05, 0.1) is 0 Å². The smallest absolute Gasteiger partial charge is 0.166 e. The lowest BCUT2D eigenvalue weighted by molar-refractivity contribution is 0.344. The molecule has 5 heteroatoms. The summed E-state index contributed by atoms with van der Waals surface area (Å²) in [6, 6.07) is 1.37. The summed E-state index contributed by atoms with van der Waals surface area (Å²) in [4.78, 5) is 3.96. The molecule has 3 N–H and O–H groups in total. The molecule has 0 saturated carbocycles. The SMILES string of the molecule is CC(C)(C)CC(N)CNc1ncc(Br)cc1F. The number of hydrogen-bond acceptors (Lipinski definition) is 3. The Kier molecular flexibility index (Phi) is 4.89. The molecule has 0 aliphatic heterocycles. The zero-order chi connectivity index (χ0) is 13.1. The summed E-state index contributed by atoms with van der Waals surface area (Å²) in [6.07, 6.45) is 2.43. The van der Waals surface area contributed by atoms with E-state index in [9.17, 15) is 4.39 Å². The first kappa shape index (κ1) is 14.4. The third-order valence-corrected chi connectivity index (χ3v) is 2.65. The molecule has 1 aromatic heterocycles. The Morgan fingerprint density at radius 1 is 1.53 bits per heavy atom. The minimum Gasteiger partial charge on any atom is -0.366 e. The van der Waals surface area contributed by atoms with Crippen LogP contribution in [0.5, 0.6) is 0 Å². The van der Waals surface area contributed by atoms with E-state index in [1.807, 2.05) is 0 Å². The molecule has 17 heavy (non-hydrogen) atoms. The van der Waals surface area contributed by atoms with Gasteiger partial charge in [-0.05, 0) is 33.8 Å². The Hall–Kier alpha value is -0.680. The van der Waals surface area contributed by atoms with Gasteiger partial charge in [-0.1, -0.05) is 20.8 Å². The second-order valence-electron chi connectivity index (χ2n) is 5.39. The molecular weight excluding hydrogens is 285 g/mol. The van der Waals surface area contributed by atoms with E-state index < -0.39 is 0 Å². The third kappa shape index (κ3) is 5.46. The molecule has 1 unspecified atom stereocenters. The molecule has 0 bridgehead atoms. The van der Waals surface area contributed by atoms with Crippen molar-refractivity contribution in [1.82, 2.24) is 4.98 Å². The molecule has 96 valence electrons. The van der Waals surface area contributed by atoms with Crippen LogP contribution in [0.15, 0.2) is 16.7 Å². The maximum atomic E-state index is 13.4. The molecule has 3 nitrogen and oxygen atoms in total. The van der Waals surface area contributed by atoms with Gasteiger partial charge >= 0.3 is 0 Å². The van der Waals surface area contributed by atoms with E-state index in [4.69, 9.17) is 5.73 Å².